The molecule has 0 saturated heterocycles. The van der Waals surface area contributed by atoms with Crippen LogP contribution in [-0.4, -0.2) is 62.7 Å². The molecule has 44 heavy (non-hydrogen) atoms. The van der Waals surface area contributed by atoms with Crippen LogP contribution >= 0.6 is 12.4 Å². The van der Waals surface area contributed by atoms with Gasteiger partial charge in [-0.1, -0.05) is 49.2 Å². The number of carbonyl (C=O) groups excluding carboxylic acids is 2. The minimum Gasteiger partial charge on any atom is -0.491 e. The Bertz CT molecular complexity index is 1300. The zero-order chi connectivity index (χ0) is 31.4. The van der Waals surface area contributed by atoms with E-state index in [1.165, 1.54) is 25.1 Å². The highest BCUT2D eigenvalue weighted by Gasteiger charge is 2.48. The predicted octanol–water partition coefficient (Wildman–Crippen LogP) is 5.33. The van der Waals surface area contributed by atoms with Gasteiger partial charge in [-0.05, 0) is 44.5 Å². The summed E-state index contributed by atoms with van der Waals surface area (Å²) in [6, 6.07) is 14.2. The second-order valence-corrected chi connectivity index (χ2v) is 9.93. The van der Waals surface area contributed by atoms with Crippen LogP contribution in [0.25, 0.3) is 0 Å². The number of hydrogen-bond donors (Lipinski definition) is 3. The molecule has 0 bridgehead atoms. The third kappa shape index (κ3) is 10.2. The number of alkyl halides is 3. The molecule has 2 unspecified atom stereocenters. The molecular weight excluding hydrogens is 608 g/mol. The highest BCUT2D eigenvalue weighted by atomic mass is 35.5. The van der Waals surface area contributed by atoms with E-state index in [4.69, 9.17) is 9.47 Å². The van der Waals surface area contributed by atoms with Crippen molar-refractivity contribution in [2.45, 2.75) is 50.8 Å². The minimum atomic E-state index is -5.01. The van der Waals surface area contributed by atoms with Gasteiger partial charge in [-0.15, -0.1) is 12.4 Å². The van der Waals surface area contributed by atoms with Crippen LogP contribution in [0.4, 0.5) is 17.6 Å². The molecule has 1 heterocycles. The number of allylic oxidation sites excluding steroid dienone is 2. The molecule has 8 nitrogen and oxygen atoms in total. The van der Waals surface area contributed by atoms with Gasteiger partial charge in [-0.3, -0.25) is 0 Å². The summed E-state index contributed by atoms with van der Waals surface area (Å²) in [5.41, 5.74) is -3.16. The lowest BCUT2D eigenvalue weighted by Gasteiger charge is -2.32. The molecule has 1 aliphatic rings. The van der Waals surface area contributed by atoms with Crippen molar-refractivity contribution >= 4 is 24.3 Å². The van der Waals surface area contributed by atoms with E-state index in [-0.39, 0.29) is 42.5 Å². The van der Waals surface area contributed by atoms with E-state index in [1.807, 2.05) is 30.3 Å². The van der Waals surface area contributed by atoms with Crippen molar-refractivity contribution in [2.24, 2.45) is 0 Å². The van der Waals surface area contributed by atoms with Crippen molar-refractivity contribution < 1.29 is 46.5 Å². The topological polar surface area (TPSA) is 106 Å². The van der Waals surface area contributed by atoms with Crippen LogP contribution in [0, 0.1) is 5.82 Å². The van der Waals surface area contributed by atoms with Gasteiger partial charge in [0.2, 0.25) is 0 Å². The number of ether oxygens (including phenoxy) is 3. The summed E-state index contributed by atoms with van der Waals surface area (Å²) in [5.74, 6) is -4.22. The molecule has 2 atom stereocenters. The molecule has 3 rings (SSSR count). The first-order valence-corrected chi connectivity index (χ1v) is 13.9. The van der Waals surface area contributed by atoms with Gasteiger partial charge < -0.3 is 30.0 Å². The molecule has 0 spiro atoms. The first-order chi connectivity index (χ1) is 20.5. The van der Waals surface area contributed by atoms with Crippen molar-refractivity contribution in [3.63, 3.8) is 0 Å². The summed E-state index contributed by atoms with van der Waals surface area (Å²) in [6.45, 7) is 2.41. The van der Waals surface area contributed by atoms with Gasteiger partial charge in [0.05, 0.1) is 30.8 Å². The van der Waals surface area contributed by atoms with Crippen LogP contribution in [0.15, 0.2) is 77.1 Å². The van der Waals surface area contributed by atoms with Gasteiger partial charge in [-0.2, -0.15) is 13.2 Å². The fourth-order valence-corrected chi connectivity index (χ4v) is 4.66. The lowest BCUT2D eigenvalue weighted by atomic mass is 9.80. The third-order valence-electron chi connectivity index (χ3n) is 6.73. The lowest BCUT2D eigenvalue weighted by molar-refractivity contribution is -0.140. The number of hydrogen-bond acceptors (Lipinski definition) is 8. The number of methoxy groups -OCH3 is 1. The van der Waals surface area contributed by atoms with Crippen LogP contribution in [0.2, 0.25) is 0 Å². The second kappa shape index (κ2) is 17.6. The number of aliphatic hydroxyl groups is 1. The molecule has 0 saturated carbocycles. The Balaban J connectivity index is 0.00000675. The summed E-state index contributed by atoms with van der Waals surface area (Å²) in [4.78, 5) is 25.7. The normalized spacial score (nSPS) is 15.7. The number of benzene rings is 2. The van der Waals surface area contributed by atoms with Crippen LogP contribution in [0.1, 0.15) is 44.1 Å². The number of para-hydroxylation sites is 1. The van der Waals surface area contributed by atoms with Crippen LogP contribution in [0.3, 0.4) is 0 Å². The van der Waals surface area contributed by atoms with E-state index in [2.05, 4.69) is 15.4 Å². The standard InChI is InChI=1S/C31H36F4N2O6.ClH/c1-20-25(26(23-14-8-9-15-24(23)32)27(29(39)41-2)28(37-20)31(33,34)35)30(40)42-17-11-4-3-10-16-36-18-21(38)19-43-22-12-6-5-7-13-22;/h5-9,12-15,21,26,36-38H,3-4,10-11,16-19H2,1-2H3;1H. The molecule has 0 aromatic heterocycles. The number of unbranched alkanes of at least 4 members (excludes halogenated alkanes) is 3. The first kappa shape index (κ1) is 36.6. The van der Waals surface area contributed by atoms with E-state index in [9.17, 15) is 32.3 Å². The summed E-state index contributed by atoms with van der Waals surface area (Å²) < 4.78 is 72.1. The predicted molar refractivity (Wildman–Crippen MR) is 158 cm³/mol. The minimum absolute atomic E-state index is 0. The molecule has 0 fully saturated rings. The molecule has 242 valence electrons. The summed E-state index contributed by atoms with van der Waals surface area (Å²) in [6.07, 6.45) is -2.89. The average Bonchev–Trinajstić information content (AvgIpc) is 2.98. The van der Waals surface area contributed by atoms with Crippen LogP contribution in [0.5, 0.6) is 5.75 Å². The number of dihydropyridines is 1. The second-order valence-electron chi connectivity index (χ2n) is 9.93. The Morgan fingerprint density at radius 3 is 2.30 bits per heavy atom. The molecule has 0 aliphatic carbocycles. The van der Waals surface area contributed by atoms with Crippen molar-refractivity contribution in [3.8, 4) is 5.75 Å². The Hall–Kier alpha value is -3.61. The van der Waals surface area contributed by atoms with Crippen molar-refractivity contribution in [1.29, 1.82) is 0 Å². The van der Waals surface area contributed by atoms with E-state index in [0.29, 0.717) is 31.7 Å². The molecule has 0 radical (unpaired) electrons. The average molecular weight is 645 g/mol. The number of carbonyl (C=O) groups is 2. The Morgan fingerprint density at radius 1 is 0.977 bits per heavy atom. The molecular formula is C31H37ClF4N2O6. The first-order valence-electron chi connectivity index (χ1n) is 13.9. The Kier molecular flexibility index (Phi) is 14.7. The van der Waals surface area contributed by atoms with E-state index >= 15 is 0 Å². The number of aliphatic hydroxyl groups excluding tert-OH is 1. The lowest BCUT2D eigenvalue weighted by Crippen LogP contribution is -2.38. The molecule has 2 aromatic rings. The van der Waals surface area contributed by atoms with E-state index < -0.39 is 47.2 Å². The number of esters is 2. The van der Waals surface area contributed by atoms with Crippen molar-refractivity contribution in [1.82, 2.24) is 10.6 Å². The van der Waals surface area contributed by atoms with Crippen LogP contribution in [-0.2, 0) is 19.1 Å². The quantitative estimate of drug-likeness (QED) is 0.136. The number of nitrogens with one attached hydrogen (secondary N) is 2. The fraction of sp³-hybridized carbons (Fsp3) is 0.419. The molecule has 3 N–H and O–H groups in total. The number of rotatable bonds is 15. The van der Waals surface area contributed by atoms with Gasteiger partial charge in [0.15, 0.2) is 0 Å². The van der Waals surface area contributed by atoms with Gasteiger partial charge in [0.1, 0.15) is 30.0 Å². The van der Waals surface area contributed by atoms with E-state index in [0.717, 1.165) is 26.0 Å². The van der Waals surface area contributed by atoms with Crippen molar-refractivity contribution in [3.05, 3.63) is 88.5 Å². The fourth-order valence-electron chi connectivity index (χ4n) is 4.66. The smallest absolute Gasteiger partial charge is 0.431 e. The maximum absolute atomic E-state index is 14.9. The maximum atomic E-state index is 14.9. The van der Waals surface area contributed by atoms with Gasteiger partial charge in [-0.25, -0.2) is 14.0 Å². The third-order valence-corrected chi connectivity index (χ3v) is 6.73. The van der Waals surface area contributed by atoms with Crippen molar-refractivity contribution in [2.75, 3.05) is 33.4 Å². The zero-order valence-corrected chi connectivity index (χ0v) is 25.2. The molecule has 13 heteroatoms. The van der Waals surface area contributed by atoms with Gasteiger partial charge in [0.25, 0.3) is 0 Å². The summed E-state index contributed by atoms with van der Waals surface area (Å²) >= 11 is 0. The Labute approximate surface area is 259 Å². The monoisotopic (exact) mass is 644 g/mol. The SMILES string of the molecule is COC(=O)C1=C(C(F)(F)F)NC(C)=C(C(=O)OCCCCCCNCC(O)COc2ccccc2)C1c1ccccc1F.Cl. The highest BCUT2D eigenvalue weighted by molar-refractivity contribution is 6.00. The van der Waals surface area contributed by atoms with Gasteiger partial charge in [0, 0.05) is 17.8 Å². The largest absolute Gasteiger partial charge is 0.491 e. The molecule has 1 aliphatic heterocycles. The summed E-state index contributed by atoms with van der Waals surface area (Å²) in [7, 11) is 0.906. The molecule has 0 amide bonds. The summed E-state index contributed by atoms with van der Waals surface area (Å²) in [5, 5.41) is 15.3. The van der Waals surface area contributed by atoms with Gasteiger partial charge >= 0.3 is 18.1 Å². The highest BCUT2D eigenvalue weighted by Crippen LogP contribution is 2.44. The Morgan fingerprint density at radius 2 is 1.64 bits per heavy atom. The van der Waals surface area contributed by atoms with E-state index in [1.54, 1.807) is 0 Å². The molecule has 2 aromatic carbocycles. The van der Waals surface area contributed by atoms with Crippen LogP contribution < -0.4 is 15.4 Å². The zero-order valence-electron chi connectivity index (χ0n) is 24.4. The maximum Gasteiger partial charge on any atom is 0.431 e. The number of halogens is 5.